The molecule has 1 aromatic carbocycles. The first kappa shape index (κ1) is 22.2. The van der Waals surface area contributed by atoms with Crippen molar-refractivity contribution in [1.82, 2.24) is 14.9 Å². The molecule has 1 unspecified atom stereocenters. The molecule has 4 rings (SSSR count). The van der Waals surface area contributed by atoms with Crippen molar-refractivity contribution in [3.8, 4) is 11.1 Å². The zero-order valence-corrected chi connectivity index (χ0v) is 19.1. The summed E-state index contributed by atoms with van der Waals surface area (Å²) in [6.45, 7) is 1.53. The van der Waals surface area contributed by atoms with Crippen LogP contribution in [0.2, 0.25) is 0 Å². The number of nitrogens with two attached hydrogens (primary N) is 1. The van der Waals surface area contributed by atoms with Crippen molar-refractivity contribution in [3.05, 3.63) is 41.7 Å². The second-order valence-electron chi connectivity index (χ2n) is 9.34. The molecule has 1 aromatic heterocycles. The molecule has 2 fully saturated rings. The fourth-order valence-electron chi connectivity index (χ4n) is 4.97. The van der Waals surface area contributed by atoms with Gasteiger partial charge < -0.3 is 15.5 Å². The average Bonchev–Trinajstić information content (AvgIpc) is 3.32. The fourth-order valence-corrected chi connectivity index (χ4v) is 4.97. The SMILES string of the molecule is CN(C)c1ncc(-c2ccc(C(N)=O)cc2)c(C2CCCN(C(=O)CC3CCCC3)C2)n1. The Balaban J connectivity index is 1.60. The van der Waals surface area contributed by atoms with Crippen LogP contribution in [-0.2, 0) is 4.79 Å². The summed E-state index contributed by atoms with van der Waals surface area (Å²) < 4.78 is 0. The maximum Gasteiger partial charge on any atom is 0.248 e. The van der Waals surface area contributed by atoms with Gasteiger partial charge in [0.15, 0.2) is 0 Å². The highest BCUT2D eigenvalue weighted by atomic mass is 16.2. The summed E-state index contributed by atoms with van der Waals surface area (Å²) in [5.74, 6) is 1.22. The van der Waals surface area contributed by atoms with Gasteiger partial charge in [-0.2, -0.15) is 0 Å². The summed E-state index contributed by atoms with van der Waals surface area (Å²) in [4.78, 5) is 37.9. The van der Waals surface area contributed by atoms with Crippen molar-refractivity contribution in [1.29, 1.82) is 0 Å². The third kappa shape index (κ3) is 4.92. The summed E-state index contributed by atoms with van der Waals surface area (Å²) in [6, 6.07) is 7.26. The van der Waals surface area contributed by atoms with Gasteiger partial charge in [0.2, 0.25) is 17.8 Å². The second kappa shape index (κ2) is 9.67. The van der Waals surface area contributed by atoms with Crippen molar-refractivity contribution >= 4 is 17.8 Å². The highest BCUT2D eigenvalue weighted by Crippen LogP contribution is 2.35. The highest BCUT2D eigenvalue weighted by molar-refractivity contribution is 5.93. The number of anilines is 1. The Hall–Kier alpha value is -2.96. The molecule has 2 amide bonds. The minimum absolute atomic E-state index is 0.156. The summed E-state index contributed by atoms with van der Waals surface area (Å²) >= 11 is 0. The van der Waals surface area contributed by atoms with Crippen LogP contribution in [-0.4, -0.2) is 53.9 Å². The summed E-state index contributed by atoms with van der Waals surface area (Å²) in [5.41, 5.74) is 8.73. The van der Waals surface area contributed by atoms with Crippen LogP contribution in [0, 0.1) is 5.92 Å². The zero-order chi connectivity index (χ0) is 22.7. The Kier molecular flexibility index (Phi) is 6.72. The number of primary amides is 1. The molecule has 0 bridgehead atoms. The Morgan fingerprint density at radius 3 is 2.47 bits per heavy atom. The molecule has 2 N–H and O–H groups in total. The number of hydrogen-bond acceptors (Lipinski definition) is 5. The largest absolute Gasteiger partial charge is 0.366 e. The lowest BCUT2D eigenvalue weighted by atomic mass is 9.89. The average molecular weight is 436 g/mol. The van der Waals surface area contributed by atoms with Gasteiger partial charge in [0.05, 0.1) is 5.69 Å². The predicted octanol–water partition coefficient (Wildman–Crippen LogP) is 3.59. The van der Waals surface area contributed by atoms with E-state index < -0.39 is 5.91 Å². The number of rotatable bonds is 6. The Morgan fingerprint density at radius 1 is 1.09 bits per heavy atom. The highest BCUT2D eigenvalue weighted by Gasteiger charge is 2.30. The van der Waals surface area contributed by atoms with Crippen molar-refractivity contribution in [2.24, 2.45) is 11.7 Å². The van der Waals surface area contributed by atoms with E-state index in [2.05, 4.69) is 4.98 Å². The quantitative estimate of drug-likeness (QED) is 0.748. The zero-order valence-electron chi connectivity index (χ0n) is 19.1. The summed E-state index contributed by atoms with van der Waals surface area (Å²) in [5, 5.41) is 0. The first-order valence-electron chi connectivity index (χ1n) is 11.6. The number of likely N-dealkylation sites (tertiary alicyclic amines) is 1. The molecular weight excluding hydrogens is 402 g/mol. The molecular formula is C25H33N5O2. The third-order valence-electron chi connectivity index (χ3n) is 6.78. The van der Waals surface area contributed by atoms with E-state index >= 15 is 0 Å². The third-order valence-corrected chi connectivity index (χ3v) is 6.78. The molecule has 2 heterocycles. The van der Waals surface area contributed by atoms with Gasteiger partial charge in [0.25, 0.3) is 0 Å². The Labute approximate surface area is 190 Å². The van der Waals surface area contributed by atoms with Crippen LogP contribution >= 0.6 is 0 Å². The molecule has 1 saturated carbocycles. The molecule has 1 saturated heterocycles. The Morgan fingerprint density at radius 2 is 1.81 bits per heavy atom. The molecule has 0 radical (unpaired) electrons. The van der Waals surface area contributed by atoms with E-state index in [0.29, 0.717) is 30.4 Å². The smallest absolute Gasteiger partial charge is 0.248 e. The van der Waals surface area contributed by atoms with Crippen molar-refractivity contribution < 1.29 is 9.59 Å². The normalized spacial score (nSPS) is 19.2. The van der Waals surface area contributed by atoms with E-state index in [-0.39, 0.29) is 11.8 Å². The number of piperidine rings is 1. The molecule has 7 heteroatoms. The van der Waals surface area contributed by atoms with Crippen LogP contribution in [0.3, 0.4) is 0 Å². The van der Waals surface area contributed by atoms with Gasteiger partial charge >= 0.3 is 0 Å². The predicted molar refractivity (Wildman–Crippen MR) is 125 cm³/mol. The number of carbonyl (C=O) groups excluding carboxylic acids is 2. The van der Waals surface area contributed by atoms with Crippen LogP contribution in [0.15, 0.2) is 30.5 Å². The molecule has 7 nitrogen and oxygen atoms in total. The maximum atomic E-state index is 13.0. The van der Waals surface area contributed by atoms with Crippen LogP contribution in [0.5, 0.6) is 0 Å². The van der Waals surface area contributed by atoms with Gasteiger partial charge in [-0.15, -0.1) is 0 Å². The number of amides is 2. The first-order chi connectivity index (χ1) is 15.4. The molecule has 2 aliphatic rings. The fraction of sp³-hybridized carbons (Fsp3) is 0.520. The second-order valence-corrected chi connectivity index (χ2v) is 9.34. The molecule has 2 aromatic rings. The molecule has 0 spiro atoms. The lowest BCUT2D eigenvalue weighted by Crippen LogP contribution is -2.40. The molecule has 1 aliphatic carbocycles. The van der Waals surface area contributed by atoms with E-state index in [1.807, 2.05) is 42.2 Å². The lowest BCUT2D eigenvalue weighted by Gasteiger charge is -2.34. The monoisotopic (exact) mass is 435 g/mol. The molecule has 1 atom stereocenters. The van der Waals surface area contributed by atoms with Crippen LogP contribution in [0.1, 0.15) is 66.9 Å². The van der Waals surface area contributed by atoms with Gasteiger partial charge in [-0.1, -0.05) is 25.0 Å². The number of hydrogen-bond donors (Lipinski definition) is 1. The number of aromatic nitrogens is 2. The topological polar surface area (TPSA) is 92.4 Å². The van der Waals surface area contributed by atoms with E-state index in [9.17, 15) is 9.59 Å². The van der Waals surface area contributed by atoms with Gasteiger partial charge in [-0.25, -0.2) is 9.97 Å². The van der Waals surface area contributed by atoms with Gasteiger partial charge in [0, 0.05) is 56.8 Å². The van der Waals surface area contributed by atoms with Crippen molar-refractivity contribution in [2.75, 3.05) is 32.1 Å². The van der Waals surface area contributed by atoms with Gasteiger partial charge in [-0.05, 0) is 49.3 Å². The number of nitrogens with zero attached hydrogens (tertiary/aromatic N) is 4. The molecule has 170 valence electrons. The standard InChI is InChI=1S/C25H33N5O2/c1-29(2)25-27-15-21(18-9-11-19(12-10-18)24(26)32)23(28-25)20-8-5-13-30(16-20)22(31)14-17-6-3-4-7-17/h9-12,15,17,20H,3-8,13-14,16H2,1-2H3,(H2,26,32). The molecule has 1 aliphatic heterocycles. The minimum Gasteiger partial charge on any atom is -0.366 e. The van der Waals surface area contributed by atoms with Gasteiger partial charge in [-0.3, -0.25) is 9.59 Å². The summed E-state index contributed by atoms with van der Waals surface area (Å²) in [6.07, 6.45) is 9.39. The Bertz CT molecular complexity index is 967. The summed E-state index contributed by atoms with van der Waals surface area (Å²) in [7, 11) is 3.86. The van der Waals surface area contributed by atoms with E-state index in [1.54, 1.807) is 12.1 Å². The molecule has 32 heavy (non-hydrogen) atoms. The van der Waals surface area contributed by atoms with Gasteiger partial charge in [0.1, 0.15) is 0 Å². The van der Waals surface area contributed by atoms with E-state index in [0.717, 1.165) is 36.2 Å². The lowest BCUT2D eigenvalue weighted by molar-refractivity contribution is -0.133. The first-order valence-corrected chi connectivity index (χ1v) is 11.6. The van der Waals surface area contributed by atoms with Crippen LogP contribution in [0.25, 0.3) is 11.1 Å². The maximum absolute atomic E-state index is 13.0. The number of benzene rings is 1. The van der Waals surface area contributed by atoms with Crippen LogP contribution < -0.4 is 10.6 Å². The van der Waals surface area contributed by atoms with Crippen LogP contribution in [0.4, 0.5) is 5.95 Å². The van der Waals surface area contributed by atoms with Crippen molar-refractivity contribution in [3.63, 3.8) is 0 Å². The van der Waals surface area contributed by atoms with E-state index in [1.165, 1.54) is 25.7 Å². The number of carbonyl (C=O) groups is 2. The minimum atomic E-state index is -0.445. The van der Waals surface area contributed by atoms with Crippen molar-refractivity contribution in [2.45, 2.75) is 50.9 Å². The van der Waals surface area contributed by atoms with E-state index in [4.69, 9.17) is 10.7 Å².